The molecule has 12 heavy (non-hydrogen) atoms. The highest BCUT2D eigenvalue weighted by Crippen LogP contribution is 2.33. The standard InChI is InChI=1S/C6H8N6/c1-3-4(2)6(10-12-8)5(3)9-11-7/h5-6H,1-2H3/t5-,6-/m0/s1. The fourth-order valence-electron chi connectivity index (χ4n) is 1.25. The van der Waals surface area contributed by atoms with Crippen molar-refractivity contribution in [3.05, 3.63) is 32.0 Å². The zero-order valence-corrected chi connectivity index (χ0v) is 6.84. The van der Waals surface area contributed by atoms with Crippen LogP contribution in [0.25, 0.3) is 20.9 Å². The summed E-state index contributed by atoms with van der Waals surface area (Å²) in [5.74, 6) is 0. The second-order valence-corrected chi connectivity index (χ2v) is 2.67. The van der Waals surface area contributed by atoms with Gasteiger partial charge >= 0.3 is 0 Å². The molecule has 0 aromatic rings. The first kappa shape index (κ1) is 8.46. The zero-order valence-electron chi connectivity index (χ0n) is 6.84. The highest BCUT2D eigenvalue weighted by atomic mass is 15.2. The molecule has 0 heterocycles. The van der Waals surface area contributed by atoms with Crippen LogP contribution in [-0.2, 0) is 0 Å². The van der Waals surface area contributed by atoms with Crippen molar-refractivity contribution < 1.29 is 0 Å². The van der Waals surface area contributed by atoms with Crippen LogP contribution >= 0.6 is 0 Å². The molecule has 0 amide bonds. The molecule has 1 aliphatic carbocycles. The van der Waals surface area contributed by atoms with Gasteiger partial charge in [-0.05, 0) is 24.9 Å². The molecule has 1 rings (SSSR count). The number of nitrogens with zero attached hydrogens (tertiary/aromatic N) is 6. The molecule has 0 unspecified atom stereocenters. The van der Waals surface area contributed by atoms with Crippen molar-refractivity contribution in [2.75, 3.05) is 0 Å². The normalized spacial score (nSPS) is 26.8. The summed E-state index contributed by atoms with van der Waals surface area (Å²) in [5, 5.41) is 7.04. The molecule has 0 aromatic heterocycles. The smallest absolute Gasteiger partial charge is 0.0706 e. The number of rotatable bonds is 2. The Morgan fingerprint density at radius 3 is 1.58 bits per heavy atom. The van der Waals surface area contributed by atoms with E-state index in [9.17, 15) is 0 Å². The van der Waals surface area contributed by atoms with Gasteiger partial charge in [0.15, 0.2) is 0 Å². The molecular weight excluding hydrogens is 156 g/mol. The summed E-state index contributed by atoms with van der Waals surface area (Å²) in [6.07, 6.45) is 0. The van der Waals surface area contributed by atoms with Gasteiger partial charge in [0.25, 0.3) is 0 Å². The van der Waals surface area contributed by atoms with Crippen molar-refractivity contribution in [3.63, 3.8) is 0 Å². The summed E-state index contributed by atoms with van der Waals surface area (Å²) in [6, 6.07) is -0.545. The average Bonchev–Trinajstić information content (AvgIpc) is 2.10. The van der Waals surface area contributed by atoms with Crippen LogP contribution < -0.4 is 0 Å². The van der Waals surface area contributed by atoms with Gasteiger partial charge in [-0.3, -0.25) is 0 Å². The molecule has 0 aliphatic heterocycles. The fourth-order valence-corrected chi connectivity index (χ4v) is 1.25. The maximum absolute atomic E-state index is 8.19. The molecular formula is C6H8N6. The van der Waals surface area contributed by atoms with E-state index in [1.54, 1.807) is 0 Å². The topological polar surface area (TPSA) is 97.5 Å². The van der Waals surface area contributed by atoms with Crippen LogP contribution in [0.3, 0.4) is 0 Å². The Balaban J connectivity index is 2.92. The Morgan fingerprint density at radius 1 is 1.00 bits per heavy atom. The molecule has 0 N–H and O–H groups in total. The Labute approximate surface area is 69.1 Å². The van der Waals surface area contributed by atoms with Crippen LogP contribution in [0.15, 0.2) is 21.4 Å². The summed E-state index contributed by atoms with van der Waals surface area (Å²) >= 11 is 0. The third-order valence-electron chi connectivity index (χ3n) is 2.16. The molecule has 6 heteroatoms. The van der Waals surface area contributed by atoms with E-state index in [1.807, 2.05) is 13.8 Å². The Bertz CT molecular complexity index is 285. The lowest BCUT2D eigenvalue weighted by Gasteiger charge is -2.32. The molecule has 0 aromatic carbocycles. The largest absolute Gasteiger partial charge is 0.0855 e. The monoisotopic (exact) mass is 164 g/mol. The van der Waals surface area contributed by atoms with E-state index >= 15 is 0 Å². The number of azide groups is 2. The van der Waals surface area contributed by atoms with E-state index in [0.29, 0.717) is 0 Å². The molecule has 0 saturated carbocycles. The summed E-state index contributed by atoms with van der Waals surface area (Å²) in [5.41, 5.74) is 18.4. The first-order chi connectivity index (χ1) is 5.72. The van der Waals surface area contributed by atoms with Crippen LogP contribution in [0.5, 0.6) is 0 Å². The quantitative estimate of drug-likeness (QED) is 0.259. The average molecular weight is 164 g/mol. The van der Waals surface area contributed by atoms with Crippen molar-refractivity contribution in [2.24, 2.45) is 10.2 Å². The van der Waals surface area contributed by atoms with E-state index in [-0.39, 0.29) is 12.1 Å². The fraction of sp³-hybridized carbons (Fsp3) is 0.667. The number of hydrogen-bond acceptors (Lipinski definition) is 2. The maximum atomic E-state index is 8.19. The molecule has 0 fully saturated rings. The van der Waals surface area contributed by atoms with Gasteiger partial charge < -0.3 is 0 Å². The third kappa shape index (κ3) is 1.09. The van der Waals surface area contributed by atoms with Gasteiger partial charge in [-0.1, -0.05) is 21.4 Å². The van der Waals surface area contributed by atoms with E-state index in [4.69, 9.17) is 11.1 Å². The van der Waals surface area contributed by atoms with Gasteiger partial charge in [0.05, 0.1) is 12.1 Å². The van der Waals surface area contributed by atoms with Crippen molar-refractivity contribution in [3.8, 4) is 0 Å². The first-order valence-electron chi connectivity index (χ1n) is 3.48. The molecule has 6 nitrogen and oxygen atoms in total. The molecule has 62 valence electrons. The SMILES string of the molecule is CC1=C(C)[C@H](N=[N+]=[N-])[C@H]1N=[N+]=[N-]. The van der Waals surface area contributed by atoms with Gasteiger partial charge in [-0.2, -0.15) is 0 Å². The van der Waals surface area contributed by atoms with Crippen LogP contribution in [0.2, 0.25) is 0 Å². The van der Waals surface area contributed by atoms with Gasteiger partial charge in [0.2, 0.25) is 0 Å². The van der Waals surface area contributed by atoms with Crippen molar-refractivity contribution in [1.29, 1.82) is 0 Å². The van der Waals surface area contributed by atoms with Crippen LogP contribution in [0.1, 0.15) is 13.8 Å². The molecule has 0 spiro atoms. The van der Waals surface area contributed by atoms with Crippen molar-refractivity contribution >= 4 is 0 Å². The molecule has 1 aliphatic rings. The first-order valence-corrected chi connectivity index (χ1v) is 3.48. The summed E-state index contributed by atoms with van der Waals surface area (Å²) in [6.45, 7) is 3.75. The Hall–Kier alpha value is -1.64. The minimum Gasteiger partial charge on any atom is -0.0855 e. The number of hydrogen-bond donors (Lipinski definition) is 0. The van der Waals surface area contributed by atoms with Crippen LogP contribution in [0, 0.1) is 0 Å². The maximum Gasteiger partial charge on any atom is 0.0706 e. The summed E-state index contributed by atoms with van der Waals surface area (Å²) < 4.78 is 0. The Kier molecular flexibility index (Phi) is 2.24. The lowest BCUT2D eigenvalue weighted by molar-refractivity contribution is 0.560. The van der Waals surface area contributed by atoms with E-state index < -0.39 is 0 Å². The van der Waals surface area contributed by atoms with Crippen LogP contribution in [0.4, 0.5) is 0 Å². The van der Waals surface area contributed by atoms with E-state index in [2.05, 4.69) is 20.1 Å². The minimum atomic E-state index is -0.272. The lowest BCUT2D eigenvalue weighted by Crippen LogP contribution is -2.35. The molecule has 0 saturated heterocycles. The summed E-state index contributed by atoms with van der Waals surface area (Å²) in [7, 11) is 0. The van der Waals surface area contributed by atoms with Gasteiger partial charge in [0, 0.05) is 9.82 Å². The van der Waals surface area contributed by atoms with Crippen molar-refractivity contribution in [1.82, 2.24) is 0 Å². The predicted molar refractivity (Wildman–Crippen MR) is 44.2 cm³/mol. The second-order valence-electron chi connectivity index (χ2n) is 2.67. The van der Waals surface area contributed by atoms with Gasteiger partial charge in [-0.25, -0.2) is 0 Å². The van der Waals surface area contributed by atoms with Crippen molar-refractivity contribution in [2.45, 2.75) is 25.9 Å². The van der Waals surface area contributed by atoms with E-state index in [1.165, 1.54) is 0 Å². The summed E-state index contributed by atoms with van der Waals surface area (Å²) in [4.78, 5) is 5.37. The van der Waals surface area contributed by atoms with E-state index in [0.717, 1.165) is 11.1 Å². The molecule has 2 atom stereocenters. The minimum absolute atomic E-state index is 0.272. The highest BCUT2D eigenvalue weighted by molar-refractivity contribution is 5.37. The molecule has 0 bridgehead atoms. The Morgan fingerprint density at radius 2 is 1.33 bits per heavy atom. The second kappa shape index (κ2) is 3.17. The highest BCUT2D eigenvalue weighted by Gasteiger charge is 2.33. The predicted octanol–water partition coefficient (Wildman–Crippen LogP) is 2.69. The molecule has 0 radical (unpaired) electrons. The lowest BCUT2D eigenvalue weighted by atomic mass is 9.81. The van der Waals surface area contributed by atoms with Gasteiger partial charge in [0.1, 0.15) is 0 Å². The third-order valence-corrected chi connectivity index (χ3v) is 2.16. The van der Waals surface area contributed by atoms with Gasteiger partial charge in [-0.15, -0.1) is 0 Å². The van der Waals surface area contributed by atoms with Crippen LogP contribution in [-0.4, -0.2) is 12.1 Å². The zero-order chi connectivity index (χ0) is 9.14.